The third kappa shape index (κ3) is 3.08. The molecule has 0 aromatic carbocycles. The monoisotopic (exact) mass is 265 g/mol. The minimum atomic E-state index is -4.40. The molecule has 1 aromatic heterocycles. The molecule has 0 amide bonds. The molecule has 1 aliphatic carbocycles. The van der Waals surface area contributed by atoms with E-state index in [4.69, 9.17) is 0 Å². The van der Waals surface area contributed by atoms with E-state index in [0.717, 1.165) is 19.3 Å². The Bertz CT molecular complexity index is 400. The predicted octanol–water partition coefficient (Wildman–Crippen LogP) is 3.55. The Balaban J connectivity index is 1.99. The van der Waals surface area contributed by atoms with Crippen LogP contribution in [0.15, 0.2) is 0 Å². The lowest BCUT2D eigenvalue weighted by molar-refractivity contribution is -0.138. The molecule has 0 spiro atoms. The van der Waals surface area contributed by atoms with Crippen LogP contribution >= 0.6 is 11.3 Å². The summed E-state index contributed by atoms with van der Waals surface area (Å²) in [6.07, 6.45) is -1.40. The van der Waals surface area contributed by atoms with Gasteiger partial charge in [-0.1, -0.05) is 25.2 Å². The molecule has 1 unspecified atom stereocenters. The summed E-state index contributed by atoms with van der Waals surface area (Å²) >= 11 is 0.568. The summed E-state index contributed by atoms with van der Waals surface area (Å²) in [6, 6.07) is 0.207. The van der Waals surface area contributed by atoms with E-state index < -0.39 is 11.2 Å². The lowest BCUT2D eigenvalue weighted by Gasteiger charge is -2.17. The van der Waals surface area contributed by atoms with Crippen molar-refractivity contribution in [2.75, 3.05) is 5.32 Å². The van der Waals surface area contributed by atoms with Gasteiger partial charge in [-0.15, -0.1) is 10.2 Å². The van der Waals surface area contributed by atoms with Crippen LogP contribution < -0.4 is 5.32 Å². The minimum absolute atomic E-state index is 0.207. The van der Waals surface area contributed by atoms with Crippen LogP contribution in [0.2, 0.25) is 0 Å². The molecular weight excluding hydrogens is 251 g/mol. The highest BCUT2D eigenvalue weighted by atomic mass is 32.1. The van der Waals surface area contributed by atoms with E-state index in [1.54, 1.807) is 0 Å². The summed E-state index contributed by atoms with van der Waals surface area (Å²) in [6.45, 7) is 4.33. The Morgan fingerprint density at radius 3 is 2.53 bits per heavy atom. The van der Waals surface area contributed by atoms with Gasteiger partial charge >= 0.3 is 6.18 Å². The van der Waals surface area contributed by atoms with Crippen molar-refractivity contribution in [3.8, 4) is 0 Å². The fourth-order valence-corrected chi connectivity index (χ4v) is 2.82. The van der Waals surface area contributed by atoms with Crippen LogP contribution in [0.1, 0.15) is 38.1 Å². The van der Waals surface area contributed by atoms with Crippen molar-refractivity contribution in [1.82, 2.24) is 10.2 Å². The molecule has 17 heavy (non-hydrogen) atoms. The van der Waals surface area contributed by atoms with Crippen molar-refractivity contribution in [1.29, 1.82) is 0 Å². The van der Waals surface area contributed by atoms with Crippen molar-refractivity contribution in [3.05, 3.63) is 5.01 Å². The first-order valence-corrected chi connectivity index (χ1v) is 6.25. The minimum Gasteiger partial charge on any atom is -0.357 e. The molecule has 0 bridgehead atoms. The topological polar surface area (TPSA) is 37.8 Å². The lowest BCUT2D eigenvalue weighted by atomic mass is 9.92. The zero-order valence-electron chi connectivity index (χ0n) is 9.64. The highest BCUT2D eigenvalue weighted by Crippen LogP contribution is 2.39. The van der Waals surface area contributed by atoms with Gasteiger partial charge in [0.25, 0.3) is 0 Å². The number of halogens is 3. The van der Waals surface area contributed by atoms with Gasteiger partial charge in [-0.3, -0.25) is 0 Å². The maximum Gasteiger partial charge on any atom is 0.445 e. The largest absolute Gasteiger partial charge is 0.445 e. The molecule has 96 valence electrons. The van der Waals surface area contributed by atoms with Gasteiger partial charge in [-0.05, 0) is 24.7 Å². The van der Waals surface area contributed by atoms with Crippen LogP contribution in [0.25, 0.3) is 0 Å². The molecule has 1 N–H and O–H groups in total. The maximum absolute atomic E-state index is 12.3. The number of aromatic nitrogens is 2. The molecule has 0 saturated heterocycles. The molecule has 7 heteroatoms. The van der Waals surface area contributed by atoms with Gasteiger partial charge in [0, 0.05) is 6.04 Å². The summed E-state index contributed by atoms with van der Waals surface area (Å²) in [7, 11) is 0. The fraction of sp³-hybridized carbons (Fsp3) is 0.800. The van der Waals surface area contributed by atoms with Crippen molar-refractivity contribution in [2.45, 2.75) is 45.3 Å². The van der Waals surface area contributed by atoms with Crippen LogP contribution in [0.5, 0.6) is 0 Å². The smallest absolute Gasteiger partial charge is 0.357 e. The number of nitrogens with one attached hydrogen (secondary N) is 1. The van der Waals surface area contributed by atoms with E-state index in [1.807, 2.05) is 0 Å². The second-order valence-corrected chi connectivity index (χ2v) is 6.14. The number of nitrogens with zero attached hydrogens (tertiary/aromatic N) is 2. The van der Waals surface area contributed by atoms with E-state index in [9.17, 15) is 13.2 Å². The Hall–Kier alpha value is -0.850. The second-order valence-electron chi connectivity index (χ2n) is 5.16. The summed E-state index contributed by atoms with van der Waals surface area (Å²) in [5.41, 5.74) is 0.259. The SMILES string of the molecule is CC1(C)CCC(Nc2nnc(C(F)(F)F)s2)C1. The van der Waals surface area contributed by atoms with Gasteiger partial charge in [-0.25, -0.2) is 0 Å². The van der Waals surface area contributed by atoms with Gasteiger partial charge < -0.3 is 5.32 Å². The van der Waals surface area contributed by atoms with E-state index in [1.165, 1.54) is 0 Å². The lowest BCUT2D eigenvalue weighted by Crippen LogP contribution is -2.17. The van der Waals surface area contributed by atoms with Gasteiger partial charge in [0.2, 0.25) is 10.1 Å². The van der Waals surface area contributed by atoms with E-state index in [-0.39, 0.29) is 16.6 Å². The molecule has 1 fully saturated rings. The zero-order valence-corrected chi connectivity index (χ0v) is 10.5. The third-order valence-corrected chi connectivity index (χ3v) is 3.86. The second kappa shape index (κ2) is 4.12. The normalized spacial score (nSPS) is 23.9. The molecule has 0 aliphatic heterocycles. The first kappa shape index (κ1) is 12.6. The highest BCUT2D eigenvalue weighted by Gasteiger charge is 2.36. The van der Waals surface area contributed by atoms with Crippen molar-refractivity contribution in [2.24, 2.45) is 5.41 Å². The zero-order chi connectivity index (χ0) is 12.7. The van der Waals surface area contributed by atoms with Crippen LogP contribution in [0.4, 0.5) is 18.3 Å². The molecule has 2 rings (SSSR count). The third-order valence-electron chi connectivity index (χ3n) is 2.96. The molecule has 0 radical (unpaired) electrons. The Morgan fingerprint density at radius 2 is 2.06 bits per heavy atom. The average molecular weight is 265 g/mol. The highest BCUT2D eigenvalue weighted by molar-refractivity contribution is 7.15. The number of hydrogen-bond acceptors (Lipinski definition) is 4. The summed E-state index contributed by atoms with van der Waals surface area (Å²) in [4.78, 5) is 0. The maximum atomic E-state index is 12.3. The van der Waals surface area contributed by atoms with Gasteiger partial charge in [0.15, 0.2) is 0 Å². The average Bonchev–Trinajstić information content (AvgIpc) is 2.72. The van der Waals surface area contributed by atoms with Crippen molar-refractivity contribution in [3.63, 3.8) is 0 Å². The molecule has 3 nitrogen and oxygen atoms in total. The van der Waals surface area contributed by atoms with Gasteiger partial charge in [0.1, 0.15) is 0 Å². The molecular formula is C10H14F3N3S. The summed E-state index contributed by atoms with van der Waals surface area (Å²) in [5, 5.41) is 9.08. The first-order chi connectivity index (χ1) is 7.76. The van der Waals surface area contributed by atoms with Crippen molar-refractivity contribution < 1.29 is 13.2 Å². The Kier molecular flexibility index (Phi) is 3.05. The van der Waals surface area contributed by atoms with Crippen LogP contribution in [0, 0.1) is 5.41 Å². The fourth-order valence-electron chi connectivity index (χ4n) is 2.13. The predicted molar refractivity (Wildman–Crippen MR) is 60.0 cm³/mol. The quantitative estimate of drug-likeness (QED) is 0.888. The summed E-state index contributed by atoms with van der Waals surface area (Å²) in [5.74, 6) is 0. The van der Waals surface area contributed by atoms with E-state index in [0.29, 0.717) is 11.3 Å². The number of alkyl halides is 3. The van der Waals surface area contributed by atoms with Crippen LogP contribution in [-0.4, -0.2) is 16.2 Å². The van der Waals surface area contributed by atoms with E-state index in [2.05, 4.69) is 29.4 Å². The molecule has 1 atom stereocenters. The first-order valence-electron chi connectivity index (χ1n) is 5.43. The Morgan fingerprint density at radius 1 is 1.35 bits per heavy atom. The molecule has 1 aromatic rings. The standard InChI is InChI=1S/C10H14F3N3S/c1-9(2)4-3-6(5-9)14-8-16-15-7(17-8)10(11,12)13/h6H,3-5H2,1-2H3,(H,14,16). The van der Waals surface area contributed by atoms with Gasteiger partial charge in [-0.2, -0.15) is 13.2 Å². The molecule has 1 aliphatic rings. The number of rotatable bonds is 2. The van der Waals surface area contributed by atoms with Crippen molar-refractivity contribution >= 4 is 16.5 Å². The Labute approximate surface area is 101 Å². The summed E-state index contributed by atoms with van der Waals surface area (Å²) < 4.78 is 37.0. The number of hydrogen-bond donors (Lipinski definition) is 1. The van der Waals surface area contributed by atoms with E-state index >= 15 is 0 Å². The van der Waals surface area contributed by atoms with Gasteiger partial charge in [0.05, 0.1) is 0 Å². The molecule has 1 saturated carbocycles. The molecule has 1 heterocycles. The number of anilines is 1. The van der Waals surface area contributed by atoms with Crippen LogP contribution in [-0.2, 0) is 6.18 Å². The van der Waals surface area contributed by atoms with Crippen LogP contribution in [0.3, 0.4) is 0 Å².